The molecule has 2 fully saturated rings. The molecule has 3 aliphatic rings. The number of hydrogen-bond donors (Lipinski definition) is 1. The van der Waals surface area contributed by atoms with Crippen LogP contribution in [-0.2, 0) is 16.0 Å². The van der Waals surface area contributed by atoms with Crippen molar-refractivity contribution >= 4 is 27.5 Å². The summed E-state index contributed by atoms with van der Waals surface area (Å²) >= 11 is 1.68. The van der Waals surface area contributed by atoms with E-state index in [0.717, 1.165) is 87.0 Å². The van der Waals surface area contributed by atoms with E-state index in [-0.39, 0.29) is 12.0 Å². The predicted octanol–water partition coefficient (Wildman–Crippen LogP) is 3.37. The van der Waals surface area contributed by atoms with Gasteiger partial charge < -0.3 is 14.6 Å². The van der Waals surface area contributed by atoms with Gasteiger partial charge in [-0.25, -0.2) is 9.97 Å². The van der Waals surface area contributed by atoms with Crippen molar-refractivity contribution in [1.82, 2.24) is 14.9 Å². The molecule has 3 heterocycles. The highest BCUT2D eigenvalue weighted by atomic mass is 32.1. The van der Waals surface area contributed by atoms with Gasteiger partial charge in [-0.05, 0) is 62.8 Å². The molecule has 176 valence electrons. The highest BCUT2D eigenvalue weighted by Crippen LogP contribution is 2.46. The molecular formula is C24H31N4O4S+. The fourth-order valence-corrected chi connectivity index (χ4v) is 6.91. The Balaban J connectivity index is 1.34. The third kappa shape index (κ3) is 4.76. The summed E-state index contributed by atoms with van der Waals surface area (Å²) in [5.74, 6) is 0.00330. The van der Waals surface area contributed by atoms with E-state index in [4.69, 9.17) is 16.0 Å². The van der Waals surface area contributed by atoms with Gasteiger partial charge in [-0.2, -0.15) is 4.79 Å². The number of carbonyl (C=O) groups excluding carboxylic acids is 1. The van der Waals surface area contributed by atoms with Gasteiger partial charge in [0.15, 0.2) is 6.10 Å². The summed E-state index contributed by atoms with van der Waals surface area (Å²) in [6, 6.07) is 0.615. The molecule has 0 radical (unpaired) electrons. The molecule has 2 aromatic heterocycles. The molecule has 1 aliphatic heterocycles. The van der Waals surface area contributed by atoms with Crippen LogP contribution in [0.15, 0.2) is 6.33 Å². The number of rotatable bonds is 6. The molecule has 1 saturated heterocycles. The molecule has 1 N–H and O–H groups in total. The zero-order valence-electron chi connectivity index (χ0n) is 18.8. The quantitative estimate of drug-likeness (QED) is 0.691. The smallest absolute Gasteiger partial charge is 0.474 e. The molecule has 2 atom stereocenters. The van der Waals surface area contributed by atoms with Crippen LogP contribution in [-0.4, -0.2) is 70.4 Å². The minimum Gasteiger partial charge on any atom is -0.474 e. The monoisotopic (exact) mass is 471 g/mol. The topological polar surface area (TPSA) is 89.1 Å². The lowest BCUT2D eigenvalue weighted by Crippen LogP contribution is -2.46. The van der Waals surface area contributed by atoms with E-state index >= 15 is 0 Å². The molecule has 2 unspecified atom stereocenters. The molecule has 1 amide bonds. The van der Waals surface area contributed by atoms with Crippen LogP contribution in [0.4, 0.5) is 0 Å². The molecule has 8 nitrogen and oxygen atoms in total. The van der Waals surface area contributed by atoms with Crippen molar-refractivity contribution in [3.63, 3.8) is 0 Å². The second-order valence-electron chi connectivity index (χ2n) is 9.30. The Kier molecular flexibility index (Phi) is 6.88. The number of thiophene rings is 1. The van der Waals surface area contributed by atoms with E-state index in [9.17, 15) is 9.90 Å². The number of morpholine rings is 1. The van der Waals surface area contributed by atoms with Crippen molar-refractivity contribution in [1.29, 1.82) is 0 Å². The average Bonchev–Trinajstić information content (AvgIpc) is 3.25. The minimum absolute atomic E-state index is 0.0357. The SMILES string of the molecule is C#[N+]C(=O)C(O)CC1CCCc2sc3ncnc(OC4CCC(N5CCOCC5)CC4)c3c21. The number of nitrogens with zero attached hydrogens (tertiary/aromatic N) is 4. The number of amides is 1. The fourth-order valence-electron chi connectivity index (χ4n) is 5.65. The van der Waals surface area contributed by atoms with Gasteiger partial charge in [0.2, 0.25) is 5.88 Å². The molecule has 2 aromatic rings. The van der Waals surface area contributed by atoms with Crippen LogP contribution in [0, 0.1) is 6.57 Å². The van der Waals surface area contributed by atoms with Crippen LogP contribution in [0.1, 0.15) is 61.3 Å². The van der Waals surface area contributed by atoms with Gasteiger partial charge in [0.1, 0.15) is 17.3 Å². The van der Waals surface area contributed by atoms with E-state index in [1.165, 1.54) is 4.88 Å². The number of aromatic nitrogens is 2. The summed E-state index contributed by atoms with van der Waals surface area (Å²) in [7, 11) is 0. The van der Waals surface area contributed by atoms with Crippen LogP contribution >= 0.6 is 11.3 Å². The van der Waals surface area contributed by atoms with E-state index in [1.54, 1.807) is 17.7 Å². The third-order valence-electron chi connectivity index (χ3n) is 7.34. The highest BCUT2D eigenvalue weighted by molar-refractivity contribution is 7.18. The zero-order valence-corrected chi connectivity index (χ0v) is 19.6. The number of aliphatic hydroxyl groups excluding tert-OH is 1. The lowest BCUT2D eigenvalue weighted by atomic mass is 9.82. The van der Waals surface area contributed by atoms with E-state index in [1.807, 2.05) is 0 Å². The Morgan fingerprint density at radius 2 is 2.06 bits per heavy atom. The molecule has 2 aliphatic carbocycles. The Bertz CT molecular complexity index is 1040. The van der Waals surface area contributed by atoms with Gasteiger partial charge >= 0.3 is 5.91 Å². The van der Waals surface area contributed by atoms with Crippen LogP contribution < -0.4 is 4.74 Å². The van der Waals surface area contributed by atoms with Crippen molar-refractivity contribution in [3.8, 4) is 12.5 Å². The summed E-state index contributed by atoms with van der Waals surface area (Å²) in [5.41, 5.74) is 1.14. The number of ether oxygens (including phenoxy) is 2. The van der Waals surface area contributed by atoms with Crippen LogP contribution in [0.25, 0.3) is 15.1 Å². The number of carbonyl (C=O) groups is 1. The van der Waals surface area contributed by atoms with Crippen LogP contribution in [0.3, 0.4) is 0 Å². The Labute approximate surface area is 197 Å². The first-order valence-electron chi connectivity index (χ1n) is 12.0. The molecule has 9 heteroatoms. The second kappa shape index (κ2) is 10.0. The lowest BCUT2D eigenvalue weighted by molar-refractivity contribution is -0.123. The standard InChI is InChI=1S/C24H31N4O4S/c1-25-22(30)18(29)13-15-3-2-4-19-20(15)21-23(26-14-27-24(21)33-19)32-17-7-5-16(6-8-17)28-9-11-31-12-10-28/h1,14-18,29H,2-13H2/q+1. The molecule has 1 saturated carbocycles. The maximum atomic E-state index is 11.8. The van der Waals surface area contributed by atoms with Crippen molar-refractivity contribution in [2.24, 2.45) is 0 Å². The van der Waals surface area contributed by atoms with E-state index in [0.29, 0.717) is 18.3 Å². The average molecular weight is 472 g/mol. The number of fused-ring (bicyclic) bond motifs is 3. The predicted molar refractivity (Wildman–Crippen MR) is 126 cm³/mol. The first kappa shape index (κ1) is 22.7. The molecule has 0 spiro atoms. The van der Waals surface area contributed by atoms with Gasteiger partial charge in [-0.15, -0.1) is 11.3 Å². The number of aliphatic hydroxyl groups is 1. The normalized spacial score (nSPS) is 27.0. The van der Waals surface area contributed by atoms with Gasteiger partial charge in [0, 0.05) is 28.9 Å². The summed E-state index contributed by atoms with van der Waals surface area (Å²) in [4.78, 5) is 28.7. The second-order valence-corrected chi connectivity index (χ2v) is 10.4. The summed E-state index contributed by atoms with van der Waals surface area (Å²) in [5, 5.41) is 11.2. The van der Waals surface area contributed by atoms with Gasteiger partial charge in [0.05, 0.1) is 18.6 Å². The largest absolute Gasteiger partial charge is 0.543 e. The van der Waals surface area contributed by atoms with Gasteiger partial charge in [0.25, 0.3) is 6.57 Å². The van der Waals surface area contributed by atoms with Crippen molar-refractivity contribution in [2.75, 3.05) is 26.3 Å². The van der Waals surface area contributed by atoms with Crippen LogP contribution in [0.2, 0.25) is 0 Å². The van der Waals surface area contributed by atoms with Crippen molar-refractivity contribution in [2.45, 2.75) is 75.5 Å². The summed E-state index contributed by atoms with van der Waals surface area (Å²) < 4.78 is 12.0. The van der Waals surface area contributed by atoms with Gasteiger partial charge in [-0.1, -0.05) is 0 Å². The number of hydrogen-bond acceptors (Lipinski definition) is 8. The highest BCUT2D eigenvalue weighted by Gasteiger charge is 2.35. The van der Waals surface area contributed by atoms with E-state index in [2.05, 4.69) is 19.7 Å². The first-order chi connectivity index (χ1) is 16.1. The van der Waals surface area contributed by atoms with Crippen molar-refractivity contribution < 1.29 is 19.4 Å². The minimum atomic E-state index is -1.19. The van der Waals surface area contributed by atoms with E-state index < -0.39 is 12.0 Å². The van der Waals surface area contributed by atoms with Crippen LogP contribution in [0.5, 0.6) is 5.88 Å². The van der Waals surface area contributed by atoms with Gasteiger partial charge in [-0.3, -0.25) is 4.90 Å². The Morgan fingerprint density at radius 3 is 2.82 bits per heavy atom. The maximum Gasteiger partial charge on any atom is 0.543 e. The maximum absolute atomic E-state index is 11.8. The zero-order chi connectivity index (χ0) is 22.8. The first-order valence-corrected chi connectivity index (χ1v) is 12.8. The molecule has 0 bridgehead atoms. The third-order valence-corrected chi connectivity index (χ3v) is 8.51. The Hall–Kier alpha value is -2.12. The lowest BCUT2D eigenvalue weighted by Gasteiger charge is -2.38. The van der Waals surface area contributed by atoms with Crippen molar-refractivity contribution in [3.05, 3.63) is 21.6 Å². The molecule has 0 aromatic carbocycles. The molecule has 33 heavy (non-hydrogen) atoms. The summed E-state index contributed by atoms with van der Waals surface area (Å²) in [6.07, 6.45) is 7.99. The Morgan fingerprint density at radius 1 is 1.27 bits per heavy atom. The molecule has 5 rings (SSSR count). The fraction of sp³-hybridized carbons (Fsp3) is 0.667. The molecular weight excluding hydrogens is 440 g/mol. The summed E-state index contributed by atoms with van der Waals surface area (Å²) in [6.45, 7) is 8.81. The number of aryl methyl sites for hydroxylation is 1.